The van der Waals surface area contributed by atoms with Crippen LogP contribution in [-0.4, -0.2) is 13.1 Å². The Morgan fingerprint density at radius 1 is 1.24 bits per heavy atom. The SMILES string of the molecule is Cc1cc(N)ccc1N1CCC(C(C)C)CC1. The Morgan fingerprint density at radius 2 is 1.88 bits per heavy atom. The Balaban J connectivity index is 2.05. The molecule has 2 N–H and O–H groups in total. The predicted molar refractivity (Wildman–Crippen MR) is 75.4 cm³/mol. The number of hydrogen-bond acceptors (Lipinski definition) is 2. The van der Waals surface area contributed by atoms with E-state index in [0.717, 1.165) is 17.5 Å². The van der Waals surface area contributed by atoms with Crippen molar-refractivity contribution in [2.24, 2.45) is 11.8 Å². The van der Waals surface area contributed by atoms with Crippen LogP contribution in [-0.2, 0) is 0 Å². The highest BCUT2D eigenvalue weighted by Crippen LogP contribution is 2.30. The van der Waals surface area contributed by atoms with Gasteiger partial charge in [-0.3, -0.25) is 0 Å². The van der Waals surface area contributed by atoms with Crippen LogP contribution < -0.4 is 10.6 Å². The maximum Gasteiger partial charge on any atom is 0.0397 e. The molecule has 17 heavy (non-hydrogen) atoms. The fourth-order valence-corrected chi connectivity index (χ4v) is 2.84. The van der Waals surface area contributed by atoms with E-state index in [4.69, 9.17) is 5.73 Å². The molecule has 0 unspecified atom stereocenters. The van der Waals surface area contributed by atoms with Gasteiger partial charge in [0, 0.05) is 24.5 Å². The lowest BCUT2D eigenvalue weighted by Gasteiger charge is -2.36. The molecule has 0 bridgehead atoms. The topological polar surface area (TPSA) is 29.3 Å². The number of aryl methyl sites for hydroxylation is 1. The molecule has 0 saturated carbocycles. The van der Waals surface area contributed by atoms with Crippen molar-refractivity contribution in [3.05, 3.63) is 23.8 Å². The average molecular weight is 232 g/mol. The Bertz CT molecular complexity index is 377. The quantitative estimate of drug-likeness (QED) is 0.791. The van der Waals surface area contributed by atoms with Crippen molar-refractivity contribution in [2.75, 3.05) is 23.7 Å². The molecule has 2 rings (SSSR count). The van der Waals surface area contributed by atoms with Gasteiger partial charge in [0.15, 0.2) is 0 Å². The van der Waals surface area contributed by atoms with Crippen molar-refractivity contribution in [3.8, 4) is 0 Å². The van der Waals surface area contributed by atoms with Crippen molar-refractivity contribution in [3.63, 3.8) is 0 Å². The summed E-state index contributed by atoms with van der Waals surface area (Å²) in [4.78, 5) is 2.51. The Hall–Kier alpha value is -1.18. The van der Waals surface area contributed by atoms with Crippen molar-refractivity contribution < 1.29 is 0 Å². The number of hydrogen-bond donors (Lipinski definition) is 1. The van der Waals surface area contributed by atoms with Gasteiger partial charge in [-0.2, -0.15) is 0 Å². The highest BCUT2D eigenvalue weighted by atomic mass is 15.1. The molecule has 0 radical (unpaired) electrons. The van der Waals surface area contributed by atoms with Crippen molar-refractivity contribution in [1.82, 2.24) is 0 Å². The fraction of sp³-hybridized carbons (Fsp3) is 0.600. The highest BCUT2D eigenvalue weighted by molar-refractivity contribution is 5.59. The number of nitrogens with two attached hydrogens (primary N) is 1. The number of piperidine rings is 1. The molecule has 1 aliphatic heterocycles. The average Bonchev–Trinajstić information content (AvgIpc) is 2.29. The molecule has 1 aromatic carbocycles. The first-order valence-electron chi connectivity index (χ1n) is 6.69. The summed E-state index contributed by atoms with van der Waals surface area (Å²) < 4.78 is 0. The first kappa shape index (κ1) is 12.3. The van der Waals surface area contributed by atoms with Gasteiger partial charge in [0.05, 0.1) is 0 Å². The molecule has 1 fully saturated rings. The van der Waals surface area contributed by atoms with E-state index in [1.807, 2.05) is 6.07 Å². The van der Waals surface area contributed by atoms with Gasteiger partial charge in [0.1, 0.15) is 0 Å². The van der Waals surface area contributed by atoms with E-state index in [9.17, 15) is 0 Å². The molecular weight excluding hydrogens is 208 g/mol. The van der Waals surface area contributed by atoms with Crippen molar-refractivity contribution in [2.45, 2.75) is 33.6 Å². The van der Waals surface area contributed by atoms with Crippen LogP contribution in [0.25, 0.3) is 0 Å². The molecule has 94 valence electrons. The Labute approximate surface area is 105 Å². The maximum absolute atomic E-state index is 5.80. The van der Waals surface area contributed by atoms with Crippen LogP contribution in [0.4, 0.5) is 11.4 Å². The lowest BCUT2D eigenvalue weighted by atomic mass is 9.86. The number of nitrogen functional groups attached to an aromatic ring is 1. The molecule has 0 amide bonds. The highest BCUT2D eigenvalue weighted by Gasteiger charge is 2.22. The third kappa shape index (κ3) is 2.74. The van der Waals surface area contributed by atoms with E-state index in [0.29, 0.717) is 0 Å². The number of anilines is 2. The van der Waals surface area contributed by atoms with Gasteiger partial charge < -0.3 is 10.6 Å². The zero-order valence-electron chi connectivity index (χ0n) is 11.2. The Morgan fingerprint density at radius 3 is 2.41 bits per heavy atom. The van der Waals surface area contributed by atoms with Gasteiger partial charge in [-0.25, -0.2) is 0 Å². The lowest BCUT2D eigenvalue weighted by molar-refractivity contribution is 0.311. The summed E-state index contributed by atoms with van der Waals surface area (Å²) in [6.45, 7) is 9.21. The monoisotopic (exact) mass is 232 g/mol. The van der Waals surface area contributed by atoms with Crippen LogP contribution in [0.2, 0.25) is 0 Å². The molecule has 0 atom stereocenters. The second-order valence-electron chi connectivity index (χ2n) is 5.61. The summed E-state index contributed by atoms with van der Waals surface area (Å²) in [7, 11) is 0. The lowest BCUT2D eigenvalue weighted by Crippen LogP contribution is -2.35. The van der Waals surface area contributed by atoms with Gasteiger partial charge in [0.25, 0.3) is 0 Å². The normalized spacial score (nSPS) is 17.8. The number of rotatable bonds is 2. The predicted octanol–water partition coefficient (Wildman–Crippen LogP) is 3.45. The summed E-state index contributed by atoms with van der Waals surface area (Å²) in [5.41, 5.74) is 9.33. The molecule has 1 aliphatic rings. The standard InChI is InChI=1S/C15H24N2/c1-11(2)13-6-8-17(9-7-13)15-5-4-14(16)10-12(15)3/h4-5,10-11,13H,6-9,16H2,1-3H3. The number of nitrogens with zero attached hydrogens (tertiary/aromatic N) is 1. The molecule has 2 heteroatoms. The summed E-state index contributed by atoms with van der Waals surface area (Å²) in [6, 6.07) is 6.25. The van der Waals surface area contributed by atoms with Gasteiger partial charge in [-0.15, -0.1) is 0 Å². The van der Waals surface area contributed by atoms with Gasteiger partial charge in [-0.05, 0) is 55.4 Å². The van der Waals surface area contributed by atoms with Crippen LogP contribution in [0, 0.1) is 18.8 Å². The molecule has 1 heterocycles. The molecule has 0 spiro atoms. The van der Waals surface area contributed by atoms with Gasteiger partial charge in [-0.1, -0.05) is 13.8 Å². The van der Waals surface area contributed by atoms with Crippen molar-refractivity contribution >= 4 is 11.4 Å². The van der Waals surface area contributed by atoms with Crippen LogP contribution in [0.5, 0.6) is 0 Å². The van der Waals surface area contributed by atoms with Crippen molar-refractivity contribution in [1.29, 1.82) is 0 Å². The summed E-state index contributed by atoms with van der Waals surface area (Å²) in [5, 5.41) is 0. The Kier molecular flexibility index (Phi) is 3.60. The summed E-state index contributed by atoms with van der Waals surface area (Å²) >= 11 is 0. The first-order chi connectivity index (χ1) is 8.08. The molecule has 0 aromatic heterocycles. The van der Waals surface area contributed by atoms with E-state index < -0.39 is 0 Å². The minimum atomic E-state index is 0.824. The largest absolute Gasteiger partial charge is 0.399 e. The minimum absolute atomic E-state index is 0.824. The molecular formula is C15H24N2. The van der Waals surface area contributed by atoms with E-state index >= 15 is 0 Å². The van der Waals surface area contributed by atoms with Gasteiger partial charge >= 0.3 is 0 Å². The van der Waals surface area contributed by atoms with E-state index in [-0.39, 0.29) is 0 Å². The molecule has 1 aromatic rings. The van der Waals surface area contributed by atoms with Crippen LogP contribution in [0.15, 0.2) is 18.2 Å². The summed E-state index contributed by atoms with van der Waals surface area (Å²) in [5.74, 6) is 1.73. The maximum atomic E-state index is 5.80. The number of benzene rings is 1. The van der Waals surface area contributed by atoms with Gasteiger partial charge in [0.2, 0.25) is 0 Å². The fourth-order valence-electron chi connectivity index (χ4n) is 2.84. The van der Waals surface area contributed by atoms with E-state index in [1.54, 1.807) is 0 Å². The smallest absolute Gasteiger partial charge is 0.0397 e. The third-order valence-corrected chi connectivity index (χ3v) is 4.04. The second kappa shape index (κ2) is 4.99. The molecule has 2 nitrogen and oxygen atoms in total. The van der Waals surface area contributed by atoms with E-state index in [2.05, 4.69) is 37.8 Å². The zero-order valence-corrected chi connectivity index (χ0v) is 11.2. The summed E-state index contributed by atoms with van der Waals surface area (Å²) in [6.07, 6.45) is 2.64. The third-order valence-electron chi connectivity index (χ3n) is 4.04. The van der Waals surface area contributed by atoms with Crippen LogP contribution in [0.1, 0.15) is 32.3 Å². The van der Waals surface area contributed by atoms with E-state index in [1.165, 1.54) is 37.2 Å². The molecule has 1 saturated heterocycles. The second-order valence-corrected chi connectivity index (χ2v) is 5.61. The zero-order chi connectivity index (χ0) is 12.4. The van der Waals surface area contributed by atoms with Crippen LogP contribution >= 0.6 is 0 Å². The first-order valence-corrected chi connectivity index (χ1v) is 6.69. The van der Waals surface area contributed by atoms with Crippen LogP contribution in [0.3, 0.4) is 0 Å². The minimum Gasteiger partial charge on any atom is -0.399 e. The molecule has 0 aliphatic carbocycles.